The molecule has 3 nitrogen and oxygen atoms in total. The summed E-state index contributed by atoms with van der Waals surface area (Å²) in [4.78, 5) is 0. The Morgan fingerprint density at radius 2 is 1.76 bits per heavy atom. The topological polar surface area (TPSA) is 51.8 Å². The van der Waals surface area contributed by atoms with Crippen LogP contribution in [0.15, 0.2) is 30.3 Å². The van der Waals surface area contributed by atoms with Crippen molar-refractivity contribution in [2.24, 2.45) is 0 Å². The van der Waals surface area contributed by atoms with Crippen LogP contribution in [-0.4, -0.2) is 10.2 Å². The minimum Gasteiger partial charge on any atom is -0.374 e. The number of aromatic nitrogens is 2. The molecule has 0 amide bonds. The maximum atomic E-state index is 5.73. The third kappa shape index (κ3) is 1.72. The number of benzene rings is 1. The molecule has 0 bridgehead atoms. The predicted octanol–water partition coefficient (Wildman–Crippen LogP) is 2.98. The van der Waals surface area contributed by atoms with Crippen molar-refractivity contribution < 1.29 is 0 Å². The fourth-order valence-electron chi connectivity index (χ4n) is 2.79. The van der Waals surface area contributed by atoms with E-state index in [1.807, 2.05) is 0 Å². The zero-order valence-electron chi connectivity index (χ0n) is 9.60. The van der Waals surface area contributed by atoms with Gasteiger partial charge in [0.05, 0.1) is 0 Å². The number of nitrogen functional groups attached to an aromatic ring is 1. The molecule has 0 unspecified atom stereocenters. The normalized spacial score (nSPS) is 18.4. The van der Waals surface area contributed by atoms with Crippen LogP contribution >= 0.6 is 11.3 Å². The molecule has 1 saturated carbocycles. The molecule has 1 aliphatic carbocycles. The summed E-state index contributed by atoms with van der Waals surface area (Å²) >= 11 is 1.53. The summed E-state index contributed by atoms with van der Waals surface area (Å²) in [5, 5.41) is 9.92. The van der Waals surface area contributed by atoms with Crippen molar-refractivity contribution in [2.45, 2.75) is 31.1 Å². The molecule has 1 aromatic heterocycles. The number of anilines is 1. The summed E-state index contributed by atoms with van der Waals surface area (Å²) in [6, 6.07) is 10.6. The Morgan fingerprint density at radius 1 is 1.06 bits per heavy atom. The van der Waals surface area contributed by atoms with Gasteiger partial charge >= 0.3 is 0 Å². The highest BCUT2D eigenvalue weighted by Gasteiger charge is 2.40. The maximum absolute atomic E-state index is 5.73. The van der Waals surface area contributed by atoms with Crippen LogP contribution in [0.2, 0.25) is 0 Å². The second kappa shape index (κ2) is 4.11. The van der Waals surface area contributed by atoms with Crippen LogP contribution in [0.4, 0.5) is 5.13 Å². The van der Waals surface area contributed by atoms with E-state index in [4.69, 9.17) is 5.73 Å². The average Bonchev–Trinajstić information content (AvgIpc) is 2.99. The van der Waals surface area contributed by atoms with Crippen molar-refractivity contribution >= 4 is 16.5 Å². The van der Waals surface area contributed by atoms with Gasteiger partial charge in [-0.2, -0.15) is 0 Å². The van der Waals surface area contributed by atoms with Crippen molar-refractivity contribution in [1.82, 2.24) is 10.2 Å². The molecule has 0 atom stereocenters. The summed E-state index contributed by atoms with van der Waals surface area (Å²) < 4.78 is 0. The van der Waals surface area contributed by atoms with Crippen molar-refractivity contribution in [3.05, 3.63) is 40.9 Å². The van der Waals surface area contributed by atoms with Gasteiger partial charge in [-0.3, -0.25) is 0 Å². The quantitative estimate of drug-likeness (QED) is 0.885. The molecule has 0 saturated heterocycles. The average molecular weight is 245 g/mol. The van der Waals surface area contributed by atoms with E-state index in [0.717, 1.165) is 17.8 Å². The van der Waals surface area contributed by atoms with E-state index in [1.165, 1.54) is 29.7 Å². The van der Waals surface area contributed by atoms with Crippen molar-refractivity contribution in [3.8, 4) is 0 Å². The first-order valence-corrected chi connectivity index (χ1v) is 6.78. The molecule has 0 spiro atoms. The highest BCUT2D eigenvalue weighted by atomic mass is 32.1. The Bertz CT molecular complexity index is 500. The lowest BCUT2D eigenvalue weighted by molar-refractivity contribution is 0.526. The van der Waals surface area contributed by atoms with Gasteiger partial charge in [0.25, 0.3) is 0 Å². The minimum absolute atomic E-state index is 0.0660. The van der Waals surface area contributed by atoms with Crippen molar-refractivity contribution in [3.63, 3.8) is 0 Å². The van der Waals surface area contributed by atoms with Gasteiger partial charge in [0.1, 0.15) is 5.01 Å². The molecule has 2 N–H and O–H groups in total. The Balaban J connectivity index is 2.11. The van der Waals surface area contributed by atoms with Crippen molar-refractivity contribution in [1.29, 1.82) is 0 Å². The second-order valence-corrected chi connectivity index (χ2v) is 5.61. The third-order valence-corrected chi connectivity index (χ3v) is 4.59. The van der Waals surface area contributed by atoms with E-state index >= 15 is 0 Å². The van der Waals surface area contributed by atoms with E-state index in [1.54, 1.807) is 0 Å². The van der Waals surface area contributed by atoms with E-state index in [2.05, 4.69) is 40.5 Å². The van der Waals surface area contributed by atoms with Gasteiger partial charge in [-0.25, -0.2) is 0 Å². The van der Waals surface area contributed by atoms with Gasteiger partial charge in [-0.1, -0.05) is 54.5 Å². The summed E-state index contributed by atoms with van der Waals surface area (Å²) in [6.07, 6.45) is 4.83. The molecule has 2 aromatic rings. The van der Waals surface area contributed by atoms with Crippen LogP contribution in [0.25, 0.3) is 0 Å². The van der Waals surface area contributed by atoms with Gasteiger partial charge in [0, 0.05) is 5.41 Å². The van der Waals surface area contributed by atoms with Gasteiger partial charge in [-0.15, -0.1) is 10.2 Å². The van der Waals surface area contributed by atoms with Gasteiger partial charge in [-0.05, 0) is 18.4 Å². The molecule has 1 heterocycles. The Hall–Kier alpha value is -1.42. The molecule has 17 heavy (non-hydrogen) atoms. The Labute approximate surface area is 105 Å². The monoisotopic (exact) mass is 245 g/mol. The number of hydrogen-bond donors (Lipinski definition) is 1. The van der Waals surface area contributed by atoms with E-state index in [-0.39, 0.29) is 5.41 Å². The molecular formula is C13H15N3S. The van der Waals surface area contributed by atoms with E-state index in [9.17, 15) is 0 Å². The fraction of sp³-hybridized carbons (Fsp3) is 0.385. The number of rotatable bonds is 2. The second-order valence-electron chi connectivity index (χ2n) is 4.60. The SMILES string of the molecule is Nc1nnc(C2(c3ccccc3)CCCC2)s1. The van der Waals surface area contributed by atoms with Gasteiger partial charge in [0.2, 0.25) is 5.13 Å². The molecule has 4 heteroatoms. The van der Waals surface area contributed by atoms with E-state index < -0.39 is 0 Å². The number of nitrogens with two attached hydrogens (primary N) is 1. The van der Waals surface area contributed by atoms with Crippen LogP contribution in [0, 0.1) is 0 Å². The summed E-state index contributed by atoms with van der Waals surface area (Å²) in [5.74, 6) is 0. The standard InChI is InChI=1S/C13H15N3S/c14-12-16-15-11(17-12)13(8-4-5-9-13)10-6-2-1-3-7-10/h1-3,6-7H,4-5,8-9H2,(H2,14,16). The molecule has 88 valence electrons. The van der Waals surface area contributed by atoms with Gasteiger partial charge < -0.3 is 5.73 Å². The minimum atomic E-state index is 0.0660. The lowest BCUT2D eigenvalue weighted by atomic mass is 9.79. The lowest BCUT2D eigenvalue weighted by Gasteiger charge is -2.26. The molecular weight excluding hydrogens is 230 g/mol. The first-order valence-electron chi connectivity index (χ1n) is 5.96. The Morgan fingerprint density at radius 3 is 2.35 bits per heavy atom. The maximum Gasteiger partial charge on any atom is 0.203 e. The first kappa shape index (κ1) is 10.7. The first-order chi connectivity index (χ1) is 8.31. The Kier molecular flexibility index (Phi) is 2.59. The number of hydrogen-bond acceptors (Lipinski definition) is 4. The zero-order chi connectivity index (χ0) is 11.7. The van der Waals surface area contributed by atoms with Crippen LogP contribution in [0.5, 0.6) is 0 Å². The highest BCUT2D eigenvalue weighted by molar-refractivity contribution is 7.15. The van der Waals surface area contributed by atoms with Crippen LogP contribution in [-0.2, 0) is 5.41 Å². The molecule has 0 aliphatic heterocycles. The molecule has 1 fully saturated rings. The largest absolute Gasteiger partial charge is 0.374 e. The predicted molar refractivity (Wildman–Crippen MR) is 70.0 cm³/mol. The van der Waals surface area contributed by atoms with E-state index in [0.29, 0.717) is 5.13 Å². The molecule has 1 aliphatic rings. The van der Waals surface area contributed by atoms with Crippen LogP contribution in [0.1, 0.15) is 36.3 Å². The molecule has 3 rings (SSSR count). The third-order valence-electron chi connectivity index (χ3n) is 3.63. The summed E-state index contributed by atoms with van der Waals surface area (Å²) in [5.41, 5.74) is 7.15. The molecule has 0 radical (unpaired) electrons. The van der Waals surface area contributed by atoms with Crippen LogP contribution in [0.3, 0.4) is 0 Å². The fourth-order valence-corrected chi connectivity index (χ4v) is 3.67. The highest BCUT2D eigenvalue weighted by Crippen LogP contribution is 2.47. The van der Waals surface area contributed by atoms with Crippen LogP contribution < -0.4 is 5.73 Å². The number of nitrogens with zero attached hydrogens (tertiary/aromatic N) is 2. The van der Waals surface area contributed by atoms with Crippen molar-refractivity contribution in [2.75, 3.05) is 5.73 Å². The zero-order valence-corrected chi connectivity index (χ0v) is 10.4. The molecule has 1 aromatic carbocycles. The summed E-state index contributed by atoms with van der Waals surface area (Å²) in [6.45, 7) is 0. The van der Waals surface area contributed by atoms with Gasteiger partial charge in [0.15, 0.2) is 0 Å². The smallest absolute Gasteiger partial charge is 0.203 e. The summed E-state index contributed by atoms with van der Waals surface area (Å²) in [7, 11) is 0. The lowest BCUT2D eigenvalue weighted by Crippen LogP contribution is -2.23.